The van der Waals surface area contributed by atoms with Gasteiger partial charge in [-0.15, -0.1) is 0 Å². The normalized spacial score (nSPS) is 16.2. The highest BCUT2D eigenvalue weighted by Gasteiger charge is 2.21. The van der Waals surface area contributed by atoms with Crippen LogP contribution in [0.25, 0.3) is 16.7 Å². The lowest BCUT2D eigenvalue weighted by Gasteiger charge is -2.14. The van der Waals surface area contributed by atoms with Crippen LogP contribution in [0.5, 0.6) is 0 Å². The van der Waals surface area contributed by atoms with Gasteiger partial charge in [0.1, 0.15) is 11.2 Å². The number of nitrogens with zero attached hydrogens (tertiary/aromatic N) is 3. The molecule has 1 fully saturated rings. The van der Waals surface area contributed by atoms with Gasteiger partial charge in [0, 0.05) is 39.1 Å². The number of hydrogen-bond donors (Lipinski definition) is 1. The Hall–Kier alpha value is -3.04. The van der Waals surface area contributed by atoms with E-state index in [4.69, 9.17) is 9.47 Å². The van der Waals surface area contributed by atoms with E-state index in [1.54, 1.807) is 24.4 Å². The Morgan fingerprint density at radius 2 is 2.19 bits per heavy atom. The van der Waals surface area contributed by atoms with Crippen LogP contribution in [0.4, 0.5) is 0 Å². The van der Waals surface area contributed by atoms with E-state index in [-0.39, 0.29) is 34.8 Å². The number of rotatable bonds is 8. The van der Waals surface area contributed by atoms with Crippen molar-refractivity contribution in [2.24, 2.45) is 0 Å². The van der Waals surface area contributed by atoms with Crippen molar-refractivity contribution >= 4 is 22.6 Å². The summed E-state index contributed by atoms with van der Waals surface area (Å²) < 4.78 is 13.7. The fourth-order valence-corrected chi connectivity index (χ4v) is 3.82. The molecule has 1 amide bonds. The van der Waals surface area contributed by atoms with Crippen LogP contribution in [0.3, 0.4) is 0 Å². The number of hydrogen-bond acceptors (Lipinski definition) is 6. The second-order valence-electron chi connectivity index (χ2n) is 7.49. The van der Waals surface area contributed by atoms with Gasteiger partial charge in [-0.1, -0.05) is 6.07 Å². The van der Waals surface area contributed by atoms with Crippen LogP contribution in [0.15, 0.2) is 40.1 Å². The van der Waals surface area contributed by atoms with Gasteiger partial charge < -0.3 is 14.8 Å². The van der Waals surface area contributed by atoms with Crippen molar-refractivity contribution in [2.75, 3.05) is 26.4 Å². The summed E-state index contributed by atoms with van der Waals surface area (Å²) in [6, 6.07) is 6.57. The zero-order valence-corrected chi connectivity index (χ0v) is 17.5. The van der Waals surface area contributed by atoms with Crippen LogP contribution < -0.4 is 16.4 Å². The predicted molar refractivity (Wildman–Crippen MR) is 116 cm³/mol. The van der Waals surface area contributed by atoms with Gasteiger partial charge in [0.2, 0.25) is 0 Å². The first-order chi connectivity index (χ1) is 15.1. The molecule has 31 heavy (non-hydrogen) atoms. The fraction of sp³-hybridized carbons (Fsp3) is 0.455. The number of amides is 1. The molecule has 1 N–H and O–H groups in total. The predicted octanol–water partition coefficient (Wildman–Crippen LogP) is 1.34. The maximum Gasteiger partial charge on any atom is 0.267 e. The molecule has 0 radical (unpaired) electrons. The number of fused-ring (bicyclic) bond motifs is 2. The average molecular weight is 426 g/mol. The summed E-state index contributed by atoms with van der Waals surface area (Å²) in [7, 11) is 0. The van der Waals surface area contributed by atoms with Gasteiger partial charge >= 0.3 is 0 Å². The molecule has 1 aliphatic rings. The Morgan fingerprint density at radius 3 is 2.97 bits per heavy atom. The first-order valence-corrected chi connectivity index (χ1v) is 10.6. The van der Waals surface area contributed by atoms with Gasteiger partial charge in [-0.2, -0.15) is 0 Å². The van der Waals surface area contributed by atoms with E-state index >= 15 is 0 Å². The molecule has 0 aliphatic carbocycles. The molecule has 0 unspecified atom stereocenters. The molecule has 0 aromatic carbocycles. The van der Waals surface area contributed by atoms with E-state index in [1.807, 2.05) is 6.92 Å². The highest BCUT2D eigenvalue weighted by Crippen LogP contribution is 2.13. The lowest BCUT2D eigenvalue weighted by atomic mass is 10.2. The Labute approximate surface area is 178 Å². The minimum Gasteiger partial charge on any atom is -0.382 e. The molecule has 0 saturated carbocycles. The smallest absolute Gasteiger partial charge is 0.267 e. The molecule has 1 atom stereocenters. The zero-order valence-electron chi connectivity index (χ0n) is 17.5. The summed E-state index contributed by atoms with van der Waals surface area (Å²) in [5.74, 6) is -0.515. The van der Waals surface area contributed by atoms with Crippen molar-refractivity contribution in [3.05, 3.63) is 56.7 Å². The van der Waals surface area contributed by atoms with E-state index in [0.717, 1.165) is 12.8 Å². The van der Waals surface area contributed by atoms with Crippen molar-refractivity contribution in [2.45, 2.75) is 38.8 Å². The summed E-state index contributed by atoms with van der Waals surface area (Å²) in [6.07, 6.45) is 3.95. The third-order valence-corrected chi connectivity index (χ3v) is 5.40. The SMILES string of the molecule is CCOCCCn1c(=O)c(C(=O)NC[C@H]2CCCO2)cc2c(=O)n3ccccc3nc21. The van der Waals surface area contributed by atoms with E-state index in [2.05, 4.69) is 10.3 Å². The second kappa shape index (κ2) is 9.40. The van der Waals surface area contributed by atoms with E-state index in [9.17, 15) is 14.4 Å². The van der Waals surface area contributed by atoms with Crippen LogP contribution >= 0.6 is 0 Å². The van der Waals surface area contributed by atoms with Gasteiger partial charge in [-0.25, -0.2) is 4.98 Å². The molecular formula is C22H26N4O5. The molecule has 164 valence electrons. The summed E-state index contributed by atoms with van der Waals surface area (Å²) >= 11 is 0. The van der Waals surface area contributed by atoms with Crippen LogP contribution in [0.2, 0.25) is 0 Å². The van der Waals surface area contributed by atoms with Gasteiger partial charge in [0.25, 0.3) is 17.0 Å². The average Bonchev–Trinajstić information content (AvgIpc) is 3.30. The highest BCUT2D eigenvalue weighted by atomic mass is 16.5. The Bertz CT molecular complexity index is 1210. The number of ether oxygens (including phenoxy) is 2. The van der Waals surface area contributed by atoms with Crippen LogP contribution in [0, 0.1) is 0 Å². The van der Waals surface area contributed by atoms with Crippen LogP contribution in [0.1, 0.15) is 36.5 Å². The van der Waals surface area contributed by atoms with Gasteiger partial charge in [0.05, 0.1) is 11.5 Å². The van der Waals surface area contributed by atoms with Gasteiger partial charge in [-0.3, -0.25) is 23.4 Å². The maximum atomic E-state index is 13.2. The molecule has 3 aromatic heterocycles. The zero-order chi connectivity index (χ0) is 21.8. The third-order valence-electron chi connectivity index (χ3n) is 5.40. The maximum absolute atomic E-state index is 13.2. The molecule has 1 aliphatic heterocycles. The Kier molecular flexibility index (Phi) is 6.43. The molecule has 3 aromatic rings. The summed E-state index contributed by atoms with van der Waals surface area (Å²) in [4.78, 5) is 43.7. The molecule has 0 bridgehead atoms. The van der Waals surface area contributed by atoms with Crippen LogP contribution in [-0.4, -0.2) is 52.3 Å². The number of carbonyl (C=O) groups excluding carboxylic acids is 1. The van der Waals surface area contributed by atoms with Crippen molar-refractivity contribution in [3.63, 3.8) is 0 Å². The minimum atomic E-state index is -0.515. The lowest BCUT2D eigenvalue weighted by molar-refractivity contribution is 0.0856. The number of aryl methyl sites for hydroxylation is 1. The standard InChI is InChI=1S/C22H26N4O5/c1-2-30-11-6-10-26-19-16(21(28)25-9-4-3-8-18(25)24-19)13-17(22(26)29)20(27)23-14-15-7-5-12-31-15/h3-4,8-9,13,15H,2,5-7,10-12,14H2,1H3,(H,23,27)/t15-/m1/s1. The fourth-order valence-electron chi connectivity index (χ4n) is 3.82. The van der Waals surface area contributed by atoms with E-state index in [0.29, 0.717) is 38.4 Å². The molecule has 4 rings (SSSR count). The lowest BCUT2D eigenvalue weighted by Crippen LogP contribution is -2.37. The largest absolute Gasteiger partial charge is 0.382 e. The molecule has 1 saturated heterocycles. The van der Waals surface area contributed by atoms with Gasteiger partial charge in [0.15, 0.2) is 5.65 Å². The number of aromatic nitrogens is 3. The third kappa shape index (κ3) is 4.38. The summed E-state index contributed by atoms with van der Waals surface area (Å²) in [6.45, 7) is 4.24. The second-order valence-corrected chi connectivity index (χ2v) is 7.49. The van der Waals surface area contributed by atoms with Crippen molar-refractivity contribution < 1.29 is 14.3 Å². The molecule has 0 spiro atoms. The number of nitrogens with one attached hydrogen (secondary N) is 1. The quantitative estimate of drug-likeness (QED) is 0.431. The monoisotopic (exact) mass is 426 g/mol. The molecule has 9 heteroatoms. The topological polar surface area (TPSA) is 104 Å². The van der Waals surface area contributed by atoms with Crippen molar-refractivity contribution in [1.29, 1.82) is 0 Å². The van der Waals surface area contributed by atoms with Gasteiger partial charge in [-0.05, 0) is 44.4 Å². The minimum absolute atomic E-state index is 0.0472. The summed E-state index contributed by atoms with van der Waals surface area (Å²) in [5, 5.41) is 3.00. The van der Waals surface area contributed by atoms with Crippen LogP contribution in [-0.2, 0) is 16.0 Å². The first kappa shape index (κ1) is 21.2. The Morgan fingerprint density at radius 1 is 1.32 bits per heavy atom. The van der Waals surface area contributed by atoms with E-state index < -0.39 is 11.5 Å². The van der Waals surface area contributed by atoms with Crippen molar-refractivity contribution in [3.8, 4) is 0 Å². The number of carbonyl (C=O) groups is 1. The summed E-state index contributed by atoms with van der Waals surface area (Å²) in [5.41, 5.74) is -0.160. The molecular weight excluding hydrogens is 400 g/mol. The van der Waals surface area contributed by atoms with Crippen molar-refractivity contribution in [1.82, 2.24) is 19.3 Å². The highest BCUT2D eigenvalue weighted by molar-refractivity contribution is 5.97. The number of pyridine rings is 2. The first-order valence-electron chi connectivity index (χ1n) is 10.6. The van der Waals surface area contributed by atoms with E-state index in [1.165, 1.54) is 15.0 Å². The molecule has 4 heterocycles. The Balaban J connectivity index is 1.78. The molecule has 9 nitrogen and oxygen atoms in total.